The molecule has 43 heteroatoms. The van der Waals surface area contributed by atoms with Gasteiger partial charge in [0.05, 0.1) is 26.1 Å². The highest BCUT2D eigenvalue weighted by Gasteiger charge is 2.52. The predicted molar refractivity (Wildman–Crippen MR) is 256 cm³/mol. The Balaban J connectivity index is 1.02. The number of rotatable bonds is 24. The molecule has 0 radical (unpaired) electrons. The lowest BCUT2D eigenvalue weighted by molar-refractivity contribution is -0.395. The lowest BCUT2D eigenvalue weighted by Gasteiger charge is -2.32. The number of nitrogens with two attached hydrogens (primary N) is 3. The van der Waals surface area contributed by atoms with Crippen LogP contribution in [0.1, 0.15) is 6.23 Å². The summed E-state index contributed by atoms with van der Waals surface area (Å²) in [6, 6.07) is 0. The highest BCUT2D eigenvalue weighted by molar-refractivity contribution is 7.66. The molecule has 0 aromatic carbocycles. The molecule has 7 heterocycles. The van der Waals surface area contributed by atoms with Crippen molar-refractivity contribution >= 4 is 96.6 Å². The van der Waals surface area contributed by atoms with E-state index in [1.807, 2.05) is 0 Å². The fraction of sp³-hybridized carbons (Fsp3) is 0.571. The second-order valence-corrected chi connectivity index (χ2v) is 22.8. The standard InChI is InChI=1S/C35H53N15O24P4/c1-39-17-27(43-34(37)45-29(17)54)48(4)31-20(52)19(51)13(69-31)8-66-75(56,57)72-23-15(71-33(24(23)65-7)50-12-42-16-25(36)40-11-41-26(16)50)10-68-77(60,61)74-78(62,63)73-76(58,59)67-9-14-22(64-6)21(53)32(70-14)49(5)28-18(47(2)3)30(55)46-35(38)44-28/h11-15,19-24,31-33,51-53H,1-2,8-10H2,3-7H3,(H11-,36,37,38,40,41,43,44,45,46,54,55,56,57,58,59,60,61,62,63)/p-2/t13-,14-,15-,19?,20?,21?,22?,23?,24?,31-,32-,33-/m1/s1. The number of phosphoric acid groups is 4. The maximum atomic E-state index is 13.6. The van der Waals surface area contributed by atoms with Gasteiger partial charge >= 0.3 is 19.1 Å². The Morgan fingerprint density at radius 2 is 1.29 bits per heavy atom. The molecule has 10 unspecified atom stereocenters. The monoisotopic (exact) mass is 1190 g/mol. The van der Waals surface area contributed by atoms with Crippen LogP contribution in [0.4, 0.5) is 40.7 Å². The second-order valence-electron chi connectivity index (χ2n) is 16.9. The zero-order valence-electron chi connectivity index (χ0n) is 41.1. The van der Waals surface area contributed by atoms with Gasteiger partial charge in [0.25, 0.3) is 29.0 Å². The minimum atomic E-state index is -6.33. The van der Waals surface area contributed by atoms with Crippen molar-refractivity contribution in [2.24, 2.45) is 4.99 Å². The first-order chi connectivity index (χ1) is 36.4. The first kappa shape index (κ1) is 60.5. The maximum Gasteiger partial charge on any atom is 0.485 e. The molecule has 3 aliphatic heterocycles. The number of imidazole rings is 1. The predicted octanol–water partition coefficient (Wildman–Crippen LogP) is -5.25. The Morgan fingerprint density at radius 3 is 1.88 bits per heavy atom. The smallest absolute Gasteiger partial charge is 0.485 e. The number of anilines is 5. The van der Waals surface area contributed by atoms with Crippen molar-refractivity contribution in [3.05, 3.63) is 33.4 Å². The molecule has 3 fully saturated rings. The minimum Gasteiger partial charge on any atom is -0.756 e. The van der Waals surface area contributed by atoms with Crippen LogP contribution in [0.15, 0.2) is 27.2 Å². The summed E-state index contributed by atoms with van der Waals surface area (Å²) in [5, 5.41) is 32.8. The number of aliphatic imine (C=N–C) groups is 1. The van der Waals surface area contributed by atoms with Gasteiger partial charge in [-0.15, -0.1) is 0 Å². The van der Waals surface area contributed by atoms with Crippen molar-refractivity contribution in [1.29, 1.82) is 0 Å². The van der Waals surface area contributed by atoms with Gasteiger partial charge in [0.15, 0.2) is 41.7 Å². The third-order valence-electron chi connectivity index (χ3n) is 11.7. The van der Waals surface area contributed by atoms with E-state index in [4.69, 9.17) is 54.5 Å². The Kier molecular flexibility index (Phi) is 18.2. The number of ether oxygens (including phenoxy) is 5. The number of methoxy groups -OCH3 is 2. The molecule has 0 amide bonds. The van der Waals surface area contributed by atoms with Gasteiger partial charge in [-0.2, -0.15) is 9.97 Å². The van der Waals surface area contributed by atoms with Crippen molar-refractivity contribution in [1.82, 2.24) is 39.5 Å². The second kappa shape index (κ2) is 23.5. The number of H-pyrrole nitrogens is 2. The van der Waals surface area contributed by atoms with Crippen molar-refractivity contribution in [3.8, 4) is 0 Å². The maximum absolute atomic E-state index is 13.6. The lowest BCUT2D eigenvalue weighted by atomic mass is 10.1. The molecular weight excluding hydrogens is 1140 g/mol. The van der Waals surface area contributed by atoms with Gasteiger partial charge in [-0.25, -0.2) is 32.7 Å². The van der Waals surface area contributed by atoms with Gasteiger partial charge in [-0.3, -0.25) is 42.8 Å². The number of aliphatic hydroxyl groups excluding tert-OH is 3. The summed E-state index contributed by atoms with van der Waals surface area (Å²) in [7, 11) is -18.3. The highest BCUT2D eigenvalue weighted by Crippen LogP contribution is 2.65. The summed E-state index contributed by atoms with van der Waals surface area (Å²) in [4.78, 5) is 105. The molecule has 12 N–H and O–H groups in total. The number of likely N-dealkylation sites (N-methyl/N-ethyl adjacent to an activating group) is 2. The fourth-order valence-corrected chi connectivity index (χ4v) is 12.7. The molecule has 78 heavy (non-hydrogen) atoms. The van der Waals surface area contributed by atoms with E-state index in [-0.39, 0.29) is 51.9 Å². The molecule has 432 valence electrons. The average molecular weight is 1190 g/mol. The van der Waals surface area contributed by atoms with Crippen LogP contribution in [0.2, 0.25) is 0 Å². The number of nitrogens with zero attached hydrogens (tertiary/aromatic N) is 10. The number of phosphoric ester groups is 3. The van der Waals surface area contributed by atoms with Crippen molar-refractivity contribution < 1.29 is 108 Å². The van der Waals surface area contributed by atoms with Gasteiger partial charge in [-0.1, -0.05) is 0 Å². The van der Waals surface area contributed by atoms with Crippen LogP contribution >= 0.6 is 31.3 Å². The highest BCUT2D eigenvalue weighted by atomic mass is 31.3. The normalized spacial score (nSPS) is 29.4. The average Bonchev–Trinajstić information content (AvgIpc) is 4.10. The van der Waals surface area contributed by atoms with E-state index in [0.29, 0.717) is 0 Å². The SMILES string of the molecule is C=Nc1c(N(C)[C@@H]2O[C@H](COP(=O)([O-])OC3C(OC)[C@H](n4cnc5c(N)ncnc54)O[C@@H]3COP(=O)([O-])OP(=O)(O)OP(=O)([O-])OC[C@H]3O[C@@H](N(C)c4nc(N)[nH]c(=O)c4[N+](=C)C)C(O)C3OC)C(O)C2O)nc(N)[nH]c1=O. The van der Waals surface area contributed by atoms with E-state index < -0.39 is 136 Å². The van der Waals surface area contributed by atoms with Crippen LogP contribution in [0.25, 0.3) is 11.2 Å². The fourth-order valence-electron chi connectivity index (χ4n) is 8.30. The third kappa shape index (κ3) is 13.0. The summed E-state index contributed by atoms with van der Waals surface area (Å²) < 4.78 is 111. The van der Waals surface area contributed by atoms with E-state index in [1.54, 1.807) is 0 Å². The molecule has 39 nitrogen and oxygen atoms in total. The Labute approximate surface area is 437 Å². The molecule has 0 spiro atoms. The van der Waals surface area contributed by atoms with E-state index in [9.17, 15) is 62.7 Å². The van der Waals surface area contributed by atoms with Gasteiger partial charge in [0.2, 0.25) is 17.7 Å². The number of hydrogen-bond donors (Lipinski definition) is 9. The Morgan fingerprint density at radius 1 is 0.769 bits per heavy atom. The molecular formula is C35H51N15O24P4-2. The number of aromatic amines is 2. The van der Waals surface area contributed by atoms with Crippen molar-refractivity contribution in [2.45, 2.75) is 73.6 Å². The van der Waals surface area contributed by atoms with Crippen LogP contribution in [0.3, 0.4) is 0 Å². The van der Waals surface area contributed by atoms with Gasteiger partial charge in [0, 0.05) is 28.3 Å². The molecule has 16 atom stereocenters. The van der Waals surface area contributed by atoms with Gasteiger partial charge < -0.3 is 104 Å². The van der Waals surface area contributed by atoms with Crippen molar-refractivity contribution in [3.63, 3.8) is 0 Å². The summed E-state index contributed by atoms with van der Waals surface area (Å²) >= 11 is 0. The quantitative estimate of drug-likeness (QED) is 0.0180. The number of aliphatic hydroxyl groups is 3. The third-order valence-corrected chi connectivity index (χ3v) is 16.9. The summed E-state index contributed by atoms with van der Waals surface area (Å²) in [6.45, 7) is 3.40. The summed E-state index contributed by atoms with van der Waals surface area (Å²) in [5.74, 6) is -1.20. The molecule has 0 bridgehead atoms. The Bertz CT molecular complexity index is 3210. The number of nitrogen functional groups attached to an aromatic ring is 3. The molecule has 0 saturated carbocycles. The minimum absolute atomic E-state index is 0.0177. The summed E-state index contributed by atoms with van der Waals surface area (Å²) in [5.41, 5.74) is 15.3. The molecule has 4 aromatic rings. The topological polar surface area (TPSA) is 555 Å². The lowest BCUT2D eigenvalue weighted by Crippen LogP contribution is -2.44. The zero-order chi connectivity index (χ0) is 57.6. The molecule has 0 aliphatic carbocycles. The van der Waals surface area contributed by atoms with Crippen LogP contribution in [-0.2, 0) is 68.7 Å². The van der Waals surface area contributed by atoms with E-state index in [1.165, 1.54) is 21.1 Å². The van der Waals surface area contributed by atoms with Crippen LogP contribution in [-0.4, -0.2) is 200 Å². The van der Waals surface area contributed by atoms with Gasteiger partial charge in [0.1, 0.15) is 80.5 Å². The van der Waals surface area contributed by atoms with Crippen molar-refractivity contribution in [2.75, 3.05) is 82.2 Å². The first-order valence-corrected chi connectivity index (χ1v) is 27.9. The van der Waals surface area contributed by atoms with E-state index >= 15 is 0 Å². The number of fused-ring (bicyclic) bond motifs is 1. The summed E-state index contributed by atoms with van der Waals surface area (Å²) in [6.07, 6.45) is -17.8. The number of nitrogens with one attached hydrogen (secondary N) is 2. The largest absolute Gasteiger partial charge is 0.756 e. The first-order valence-electron chi connectivity index (χ1n) is 22.0. The zero-order valence-corrected chi connectivity index (χ0v) is 44.6. The Hall–Kier alpha value is -5.15. The van der Waals surface area contributed by atoms with Crippen LogP contribution in [0, 0.1) is 0 Å². The molecule has 3 aliphatic rings. The number of aromatic nitrogens is 8. The molecule has 7 rings (SSSR count). The number of hydrogen-bond acceptors (Lipinski definition) is 34. The molecule has 4 aromatic heterocycles. The molecule has 3 saturated heterocycles. The van der Waals surface area contributed by atoms with Crippen LogP contribution < -0.4 is 52.8 Å². The van der Waals surface area contributed by atoms with E-state index in [0.717, 1.165) is 45.8 Å². The van der Waals surface area contributed by atoms with Gasteiger partial charge in [-0.05, 0) is 6.72 Å². The van der Waals surface area contributed by atoms with Crippen LogP contribution in [0.5, 0.6) is 0 Å². The van der Waals surface area contributed by atoms with E-state index in [2.05, 4.69) is 66.5 Å².